The highest BCUT2D eigenvalue weighted by atomic mass is 16.4. The second kappa shape index (κ2) is 5.69. The summed E-state index contributed by atoms with van der Waals surface area (Å²) in [4.78, 5) is 22.4. The number of benzene rings is 1. The van der Waals surface area contributed by atoms with Crippen molar-refractivity contribution in [2.45, 2.75) is 6.92 Å². The molecule has 0 spiro atoms. The summed E-state index contributed by atoms with van der Waals surface area (Å²) in [5, 5.41) is 12.1. The topological polar surface area (TPSA) is 90.9 Å². The quantitative estimate of drug-likeness (QED) is 0.687. The molecule has 6 heteroatoms. The minimum atomic E-state index is -0.999. The second-order valence-electron chi connectivity index (χ2n) is 4.82. The van der Waals surface area contributed by atoms with Crippen molar-refractivity contribution in [2.75, 3.05) is 5.32 Å². The van der Waals surface area contributed by atoms with Gasteiger partial charge in [0.1, 0.15) is 5.69 Å². The lowest BCUT2D eigenvalue weighted by molar-refractivity contribution is 0.0691. The number of para-hydroxylation sites is 1. The summed E-state index contributed by atoms with van der Waals surface area (Å²) >= 11 is 0. The predicted molar refractivity (Wildman–Crippen MR) is 83.2 cm³/mol. The third kappa shape index (κ3) is 2.80. The van der Waals surface area contributed by atoms with E-state index in [9.17, 15) is 4.79 Å². The first kappa shape index (κ1) is 13.8. The fraction of sp³-hybridized carbons (Fsp3) is 0.0625. The van der Waals surface area contributed by atoms with Crippen molar-refractivity contribution in [3.63, 3.8) is 0 Å². The molecule has 2 heterocycles. The summed E-state index contributed by atoms with van der Waals surface area (Å²) in [7, 11) is 0. The van der Waals surface area contributed by atoms with Gasteiger partial charge in [0.2, 0.25) is 5.95 Å². The van der Waals surface area contributed by atoms with E-state index >= 15 is 0 Å². The molecule has 110 valence electrons. The third-order valence-electron chi connectivity index (χ3n) is 3.19. The SMILES string of the molecule is Cc1cnc(Nc2ccccc2)nc1-c1c[nH]c(C(=O)O)c1. The van der Waals surface area contributed by atoms with Crippen LogP contribution in [0.3, 0.4) is 0 Å². The summed E-state index contributed by atoms with van der Waals surface area (Å²) in [6.45, 7) is 1.88. The normalized spacial score (nSPS) is 10.4. The minimum Gasteiger partial charge on any atom is -0.477 e. The van der Waals surface area contributed by atoms with E-state index < -0.39 is 5.97 Å². The summed E-state index contributed by atoms with van der Waals surface area (Å²) in [6, 6.07) is 11.2. The van der Waals surface area contributed by atoms with Gasteiger partial charge in [0.15, 0.2) is 0 Å². The number of H-pyrrole nitrogens is 1. The lowest BCUT2D eigenvalue weighted by atomic mass is 10.1. The molecule has 6 nitrogen and oxygen atoms in total. The number of aryl methyl sites for hydroxylation is 1. The Balaban J connectivity index is 1.94. The monoisotopic (exact) mass is 294 g/mol. The van der Waals surface area contributed by atoms with Crippen LogP contribution >= 0.6 is 0 Å². The molecule has 0 saturated heterocycles. The van der Waals surface area contributed by atoms with Crippen LogP contribution in [0.5, 0.6) is 0 Å². The average Bonchev–Trinajstić information content (AvgIpc) is 3.00. The van der Waals surface area contributed by atoms with Gasteiger partial charge in [-0.15, -0.1) is 0 Å². The Morgan fingerprint density at radius 1 is 1.27 bits per heavy atom. The summed E-state index contributed by atoms with van der Waals surface area (Å²) in [5.74, 6) is -0.537. The number of hydrogen-bond acceptors (Lipinski definition) is 4. The van der Waals surface area contributed by atoms with E-state index in [0.717, 1.165) is 11.3 Å². The molecular weight excluding hydrogens is 280 g/mol. The number of carbonyl (C=O) groups is 1. The largest absolute Gasteiger partial charge is 0.477 e. The highest BCUT2D eigenvalue weighted by Crippen LogP contribution is 2.23. The number of aromatic amines is 1. The number of aromatic carboxylic acids is 1. The number of carboxylic acids is 1. The first-order chi connectivity index (χ1) is 10.6. The smallest absolute Gasteiger partial charge is 0.352 e. The maximum atomic E-state index is 11.0. The van der Waals surface area contributed by atoms with Gasteiger partial charge in [-0.05, 0) is 30.7 Å². The fourth-order valence-electron chi connectivity index (χ4n) is 2.10. The van der Waals surface area contributed by atoms with E-state index in [-0.39, 0.29) is 5.69 Å². The van der Waals surface area contributed by atoms with Crippen molar-refractivity contribution in [1.29, 1.82) is 0 Å². The lowest BCUT2D eigenvalue weighted by Crippen LogP contribution is -1.99. The number of aromatic nitrogens is 3. The van der Waals surface area contributed by atoms with Gasteiger partial charge in [-0.3, -0.25) is 0 Å². The Morgan fingerprint density at radius 3 is 2.73 bits per heavy atom. The van der Waals surface area contributed by atoms with Crippen LogP contribution in [0.2, 0.25) is 0 Å². The summed E-state index contributed by atoms with van der Waals surface area (Å²) in [5.41, 5.74) is 3.29. The molecule has 1 aromatic carbocycles. The van der Waals surface area contributed by atoms with Gasteiger partial charge in [-0.25, -0.2) is 14.8 Å². The zero-order valence-corrected chi connectivity index (χ0v) is 11.9. The summed E-state index contributed by atoms with van der Waals surface area (Å²) < 4.78 is 0. The molecule has 0 saturated carbocycles. The first-order valence-electron chi connectivity index (χ1n) is 6.71. The van der Waals surface area contributed by atoms with Gasteiger partial charge in [0.05, 0.1) is 5.69 Å². The molecule has 3 N–H and O–H groups in total. The van der Waals surface area contributed by atoms with Crippen molar-refractivity contribution in [2.24, 2.45) is 0 Å². The van der Waals surface area contributed by atoms with Crippen LogP contribution in [-0.2, 0) is 0 Å². The molecule has 0 aliphatic heterocycles. The molecule has 0 unspecified atom stereocenters. The molecule has 3 rings (SSSR count). The van der Waals surface area contributed by atoms with Crippen LogP contribution in [0.25, 0.3) is 11.3 Å². The van der Waals surface area contributed by atoms with E-state index in [4.69, 9.17) is 5.11 Å². The van der Waals surface area contributed by atoms with Gasteiger partial charge in [-0.2, -0.15) is 0 Å². The number of rotatable bonds is 4. The van der Waals surface area contributed by atoms with Crippen LogP contribution < -0.4 is 5.32 Å². The Bertz CT molecular complexity index is 812. The van der Waals surface area contributed by atoms with Gasteiger partial charge >= 0.3 is 5.97 Å². The van der Waals surface area contributed by atoms with E-state index in [1.807, 2.05) is 37.3 Å². The molecule has 3 aromatic rings. The van der Waals surface area contributed by atoms with E-state index in [1.165, 1.54) is 0 Å². The van der Waals surface area contributed by atoms with Gasteiger partial charge in [0.25, 0.3) is 0 Å². The number of nitrogens with zero attached hydrogens (tertiary/aromatic N) is 2. The Morgan fingerprint density at radius 2 is 2.05 bits per heavy atom. The number of carboxylic acid groups (broad SMARTS) is 1. The van der Waals surface area contributed by atoms with Gasteiger partial charge in [-0.1, -0.05) is 18.2 Å². The van der Waals surface area contributed by atoms with Crippen LogP contribution in [0.1, 0.15) is 16.1 Å². The van der Waals surface area contributed by atoms with Crippen LogP contribution in [0, 0.1) is 6.92 Å². The maximum Gasteiger partial charge on any atom is 0.352 e. The Kier molecular flexibility index (Phi) is 3.57. The zero-order chi connectivity index (χ0) is 15.5. The summed E-state index contributed by atoms with van der Waals surface area (Å²) in [6.07, 6.45) is 3.34. The predicted octanol–water partition coefficient (Wildman–Crippen LogP) is 3.22. The highest BCUT2D eigenvalue weighted by molar-refractivity contribution is 5.87. The van der Waals surface area contributed by atoms with Crippen molar-refractivity contribution < 1.29 is 9.90 Å². The minimum absolute atomic E-state index is 0.130. The Labute approximate surface area is 126 Å². The van der Waals surface area contributed by atoms with Crippen LogP contribution in [-0.4, -0.2) is 26.0 Å². The molecule has 0 radical (unpaired) electrons. The number of anilines is 2. The number of nitrogens with one attached hydrogen (secondary N) is 2. The van der Waals surface area contributed by atoms with E-state index in [2.05, 4.69) is 20.3 Å². The van der Waals surface area contributed by atoms with Crippen LogP contribution in [0.15, 0.2) is 48.8 Å². The second-order valence-corrected chi connectivity index (χ2v) is 4.82. The molecule has 0 aliphatic carbocycles. The van der Waals surface area contributed by atoms with Crippen molar-refractivity contribution >= 4 is 17.6 Å². The van der Waals surface area contributed by atoms with E-state index in [0.29, 0.717) is 17.2 Å². The average molecular weight is 294 g/mol. The Hall–Kier alpha value is -3.15. The molecule has 0 bridgehead atoms. The maximum absolute atomic E-state index is 11.0. The van der Waals surface area contributed by atoms with Crippen molar-refractivity contribution in [3.05, 3.63) is 60.0 Å². The van der Waals surface area contributed by atoms with Gasteiger partial charge < -0.3 is 15.4 Å². The molecule has 0 fully saturated rings. The van der Waals surface area contributed by atoms with Gasteiger partial charge in [0, 0.05) is 23.6 Å². The van der Waals surface area contributed by atoms with Crippen LogP contribution in [0.4, 0.5) is 11.6 Å². The fourth-order valence-corrected chi connectivity index (χ4v) is 2.10. The van der Waals surface area contributed by atoms with Crippen molar-refractivity contribution in [3.8, 4) is 11.3 Å². The number of hydrogen-bond donors (Lipinski definition) is 3. The molecule has 0 aliphatic rings. The molecule has 22 heavy (non-hydrogen) atoms. The van der Waals surface area contributed by atoms with E-state index in [1.54, 1.807) is 18.5 Å². The molecule has 2 aromatic heterocycles. The molecule has 0 atom stereocenters. The van der Waals surface area contributed by atoms with Crippen molar-refractivity contribution in [1.82, 2.24) is 15.0 Å². The zero-order valence-electron chi connectivity index (χ0n) is 11.9. The molecular formula is C16H14N4O2. The third-order valence-corrected chi connectivity index (χ3v) is 3.19. The lowest BCUT2D eigenvalue weighted by Gasteiger charge is -2.07. The highest BCUT2D eigenvalue weighted by Gasteiger charge is 2.12. The first-order valence-corrected chi connectivity index (χ1v) is 6.71. The molecule has 0 amide bonds. The standard InChI is InChI=1S/C16H14N4O2/c1-10-8-18-16(19-12-5-3-2-4-6-12)20-14(10)11-7-13(15(21)22)17-9-11/h2-9,17H,1H3,(H,21,22)(H,18,19,20).